The van der Waals surface area contributed by atoms with Crippen LogP contribution in [0.25, 0.3) is 21.1 Å². The van der Waals surface area contributed by atoms with Gasteiger partial charge in [-0.1, -0.05) is 54.5 Å². The van der Waals surface area contributed by atoms with Crippen molar-refractivity contribution in [3.8, 4) is 0 Å². The number of carboxylic acids is 1. The number of aliphatic carboxylic acids is 1. The van der Waals surface area contributed by atoms with Gasteiger partial charge >= 0.3 is 5.97 Å². The van der Waals surface area contributed by atoms with Crippen LogP contribution in [-0.4, -0.2) is 25.8 Å². The van der Waals surface area contributed by atoms with Crippen molar-refractivity contribution in [3.63, 3.8) is 0 Å². The fraction of sp³-hybridized carbons (Fsp3) is 0.517. The van der Waals surface area contributed by atoms with Crippen molar-refractivity contribution < 1.29 is 14.3 Å². The molecule has 0 radical (unpaired) electrons. The molecule has 1 aliphatic rings. The average molecular weight is 548 g/mol. The number of rotatable bonds is 8. The van der Waals surface area contributed by atoms with Gasteiger partial charge in [-0.3, -0.25) is 23.3 Å². The number of nitrogens with zero attached hydrogens (tertiary/aromatic N) is 3. The van der Waals surface area contributed by atoms with Crippen LogP contribution < -0.4 is 11.0 Å². The van der Waals surface area contributed by atoms with Crippen LogP contribution in [0.5, 0.6) is 0 Å². The SMILES string of the molecule is CC.CC.CC.CC=N/C=C\C(C)c1cc2c(cc1F)c(=O)c1c(=O)n(CCCC(=O)O)sc1n2C1CC1. The van der Waals surface area contributed by atoms with Crippen molar-refractivity contribution >= 4 is 44.8 Å². The molecule has 0 amide bonds. The number of carboxylic acid groups (broad SMARTS) is 1. The van der Waals surface area contributed by atoms with Crippen LogP contribution in [0.15, 0.2) is 39.0 Å². The normalized spacial score (nSPS) is 13.5. The van der Waals surface area contributed by atoms with Crippen LogP contribution in [-0.2, 0) is 11.3 Å². The van der Waals surface area contributed by atoms with Gasteiger partial charge < -0.3 is 9.67 Å². The molecule has 2 heterocycles. The van der Waals surface area contributed by atoms with E-state index in [9.17, 15) is 18.8 Å². The zero-order chi connectivity index (χ0) is 29.0. The molecule has 1 fully saturated rings. The lowest BCUT2D eigenvalue weighted by atomic mass is 9.98. The fourth-order valence-corrected chi connectivity index (χ4v) is 5.11. The summed E-state index contributed by atoms with van der Waals surface area (Å²) >= 11 is 1.18. The Kier molecular flexibility index (Phi) is 13.9. The monoisotopic (exact) mass is 547 g/mol. The minimum atomic E-state index is -0.932. The summed E-state index contributed by atoms with van der Waals surface area (Å²) in [6.45, 7) is 15.9. The van der Waals surface area contributed by atoms with E-state index < -0.39 is 22.8 Å². The first-order chi connectivity index (χ1) is 18.3. The van der Waals surface area contributed by atoms with Crippen molar-refractivity contribution in [1.29, 1.82) is 0 Å². The third-order valence-electron chi connectivity index (χ3n) is 5.68. The number of aromatic nitrogens is 2. The Morgan fingerprint density at radius 2 is 1.82 bits per heavy atom. The number of pyridine rings is 1. The molecule has 1 N–H and O–H groups in total. The minimum Gasteiger partial charge on any atom is -0.481 e. The Bertz CT molecular complexity index is 1380. The third-order valence-corrected chi connectivity index (χ3v) is 6.82. The molecule has 210 valence electrons. The summed E-state index contributed by atoms with van der Waals surface area (Å²) < 4.78 is 18.4. The molecule has 0 bridgehead atoms. The Hall–Kier alpha value is -3.07. The number of aliphatic imine (C=N–C) groups is 1. The first kappa shape index (κ1) is 33.0. The van der Waals surface area contributed by atoms with Gasteiger partial charge in [-0.15, -0.1) is 0 Å². The summed E-state index contributed by atoms with van der Waals surface area (Å²) in [5.74, 6) is -1.68. The van der Waals surface area contributed by atoms with E-state index >= 15 is 0 Å². The highest BCUT2D eigenvalue weighted by Crippen LogP contribution is 2.40. The summed E-state index contributed by atoms with van der Waals surface area (Å²) in [5.41, 5.74) is 0.172. The Labute approximate surface area is 228 Å². The standard InChI is InChI=1S/C23H24FN3O4S.3C2H6/c1-3-25-9-8-13(2)15-12-18-16(11-17(15)24)21(30)20-22(31)26(10-4-5-19(28)29)32-23(20)27(18)14-6-7-14;3*1-2/h3,8-9,11-14H,4-7,10H2,1-2H3,(H,28,29);3*1-2H3/b9-8-,25-3?;;;. The minimum absolute atomic E-state index is 0.0575. The van der Waals surface area contributed by atoms with E-state index in [0.717, 1.165) is 12.8 Å². The summed E-state index contributed by atoms with van der Waals surface area (Å²) in [4.78, 5) is 41.6. The van der Waals surface area contributed by atoms with Crippen LogP contribution in [0.1, 0.15) is 98.6 Å². The van der Waals surface area contributed by atoms with E-state index in [-0.39, 0.29) is 35.7 Å². The van der Waals surface area contributed by atoms with Gasteiger partial charge in [-0.2, -0.15) is 0 Å². The molecule has 1 aliphatic carbocycles. The zero-order valence-corrected chi connectivity index (χ0v) is 24.7. The molecule has 0 spiro atoms. The molecule has 0 aliphatic heterocycles. The van der Waals surface area contributed by atoms with E-state index in [0.29, 0.717) is 22.3 Å². The second-order valence-electron chi connectivity index (χ2n) is 8.03. The molecular formula is C29H42FN3O4S. The zero-order valence-electron chi connectivity index (χ0n) is 23.9. The van der Waals surface area contributed by atoms with Gasteiger partial charge in [0.2, 0.25) is 5.43 Å². The fourth-order valence-electron chi connectivity index (χ4n) is 3.90. The smallest absolute Gasteiger partial charge is 0.303 e. The lowest BCUT2D eigenvalue weighted by Gasteiger charge is -2.15. The molecule has 9 heteroatoms. The predicted molar refractivity (Wildman–Crippen MR) is 159 cm³/mol. The summed E-state index contributed by atoms with van der Waals surface area (Å²) in [6.07, 6.45) is 7.13. The molecule has 2 aromatic heterocycles. The maximum absolute atomic E-state index is 15.0. The molecule has 1 atom stereocenters. The maximum Gasteiger partial charge on any atom is 0.303 e. The maximum atomic E-state index is 15.0. The van der Waals surface area contributed by atoms with Crippen LogP contribution in [0, 0.1) is 5.82 Å². The summed E-state index contributed by atoms with van der Waals surface area (Å²) in [6, 6.07) is 3.11. The number of carbonyl (C=O) groups is 1. The Morgan fingerprint density at radius 1 is 1.18 bits per heavy atom. The molecule has 1 aromatic carbocycles. The molecule has 4 rings (SSSR count). The van der Waals surface area contributed by atoms with Gasteiger partial charge in [0.1, 0.15) is 16.0 Å². The third kappa shape index (κ3) is 7.49. The van der Waals surface area contributed by atoms with Gasteiger partial charge in [0.15, 0.2) is 0 Å². The number of halogens is 1. The van der Waals surface area contributed by atoms with Gasteiger partial charge in [-0.05, 0) is 55.4 Å². The highest BCUT2D eigenvalue weighted by atomic mass is 32.1. The van der Waals surface area contributed by atoms with Crippen molar-refractivity contribution in [2.45, 2.75) is 99.6 Å². The molecule has 1 unspecified atom stereocenters. The topological polar surface area (TPSA) is 93.7 Å². The number of hydrogen-bond donors (Lipinski definition) is 1. The number of aryl methyl sites for hydroxylation is 1. The van der Waals surface area contributed by atoms with Crippen LogP contribution >= 0.6 is 11.5 Å². The van der Waals surface area contributed by atoms with E-state index in [1.165, 1.54) is 21.6 Å². The second kappa shape index (κ2) is 16.0. The quantitative estimate of drug-likeness (QED) is 0.295. The molecule has 0 saturated heterocycles. The molecular weight excluding hydrogens is 505 g/mol. The van der Waals surface area contributed by atoms with E-state index in [1.54, 1.807) is 31.5 Å². The highest BCUT2D eigenvalue weighted by Gasteiger charge is 2.30. The van der Waals surface area contributed by atoms with Crippen LogP contribution in [0.3, 0.4) is 0 Å². The van der Waals surface area contributed by atoms with E-state index in [2.05, 4.69) is 4.99 Å². The van der Waals surface area contributed by atoms with Crippen molar-refractivity contribution in [3.05, 3.63) is 56.4 Å². The number of allylic oxidation sites excluding steroid dienone is 1. The van der Waals surface area contributed by atoms with Gasteiger partial charge in [0, 0.05) is 42.7 Å². The van der Waals surface area contributed by atoms with Gasteiger partial charge in [-0.25, -0.2) is 4.39 Å². The van der Waals surface area contributed by atoms with E-state index in [1.807, 2.05) is 53.0 Å². The lowest BCUT2D eigenvalue weighted by Crippen LogP contribution is -2.20. The summed E-state index contributed by atoms with van der Waals surface area (Å²) in [5, 5.41) is 9.13. The molecule has 3 aromatic rings. The van der Waals surface area contributed by atoms with Crippen LogP contribution in [0.4, 0.5) is 4.39 Å². The largest absolute Gasteiger partial charge is 0.481 e. The van der Waals surface area contributed by atoms with Crippen LogP contribution in [0.2, 0.25) is 0 Å². The first-order valence-electron chi connectivity index (χ1n) is 13.6. The first-order valence-corrected chi connectivity index (χ1v) is 14.4. The lowest BCUT2D eigenvalue weighted by molar-refractivity contribution is -0.137. The number of benzene rings is 1. The highest BCUT2D eigenvalue weighted by molar-refractivity contribution is 7.13. The van der Waals surface area contributed by atoms with E-state index in [4.69, 9.17) is 5.11 Å². The Balaban J connectivity index is 0.00000112. The molecule has 1 saturated carbocycles. The molecule has 7 nitrogen and oxygen atoms in total. The number of hydrogen-bond acceptors (Lipinski definition) is 5. The van der Waals surface area contributed by atoms with Gasteiger partial charge in [0.05, 0.1) is 5.52 Å². The predicted octanol–water partition coefficient (Wildman–Crippen LogP) is 7.50. The van der Waals surface area contributed by atoms with Crippen molar-refractivity contribution in [2.75, 3.05) is 0 Å². The summed E-state index contributed by atoms with van der Waals surface area (Å²) in [7, 11) is 0. The second-order valence-corrected chi connectivity index (χ2v) is 9.04. The average Bonchev–Trinajstić information content (AvgIpc) is 3.71. The van der Waals surface area contributed by atoms with Crippen molar-refractivity contribution in [1.82, 2.24) is 8.52 Å². The Morgan fingerprint density at radius 3 is 2.37 bits per heavy atom. The molecule has 38 heavy (non-hydrogen) atoms. The van der Waals surface area contributed by atoms with Crippen molar-refractivity contribution in [2.24, 2.45) is 4.99 Å². The van der Waals surface area contributed by atoms with Gasteiger partial charge in [0.25, 0.3) is 5.56 Å². The number of fused-ring (bicyclic) bond motifs is 2.